The fraction of sp³-hybridized carbons (Fsp3) is 0.412. The average Bonchev–Trinajstić information content (AvgIpc) is 2.92. The van der Waals surface area contributed by atoms with Crippen LogP contribution in [-0.4, -0.2) is 45.4 Å². The average molecular weight is 351 g/mol. The van der Waals surface area contributed by atoms with Crippen LogP contribution in [0.1, 0.15) is 25.3 Å². The van der Waals surface area contributed by atoms with Gasteiger partial charge in [-0.2, -0.15) is 0 Å². The predicted octanol–water partition coefficient (Wildman–Crippen LogP) is 1.42. The first-order chi connectivity index (χ1) is 11.8. The van der Waals surface area contributed by atoms with Crippen molar-refractivity contribution in [1.29, 1.82) is 0 Å². The van der Waals surface area contributed by atoms with Crippen LogP contribution in [0, 0.1) is 11.6 Å². The number of aliphatic hydroxyl groups is 1. The molecule has 0 aliphatic carbocycles. The number of Topliss-reactive ketones (excluding diaryl/α,β-unsaturated/α-hetero) is 1. The molecule has 1 atom stereocenters. The molecule has 0 spiro atoms. The lowest BCUT2D eigenvalue weighted by Crippen LogP contribution is -2.61. The number of halogens is 2. The Morgan fingerprint density at radius 2 is 2.12 bits per heavy atom. The molecule has 3 rings (SSSR count). The van der Waals surface area contributed by atoms with Crippen LogP contribution in [0.4, 0.5) is 8.78 Å². The summed E-state index contributed by atoms with van der Waals surface area (Å²) in [4.78, 5) is 24.3. The number of amides is 1. The molecule has 3 N–H and O–H groups in total. The molecule has 1 aromatic carbocycles. The third-order valence-electron chi connectivity index (χ3n) is 5.01. The van der Waals surface area contributed by atoms with Gasteiger partial charge in [-0.05, 0) is 12.5 Å². The van der Waals surface area contributed by atoms with E-state index in [1.54, 1.807) is 16.9 Å². The normalized spacial score (nSPS) is 24.7. The number of hydrogen-bond donors (Lipinski definition) is 2. The predicted molar refractivity (Wildman–Crippen MR) is 85.0 cm³/mol. The smallest absolute Gasteiger partial charge is 0.249 e. The number of hydrazine groups is 1. The molecule has 1 fully saturated rings. The number of carbonyl (C=O) groups excluding carboxylic acids is 2. The van der Waals surface area contributed by atoms with Gasteiger partial charge in [0.05, 0.1) is 5.57 Å². The van der Waals surface area contributed by atoms with Crippen LogP contribution in [0.3, 0.4) is 0 Å². The van der Waals surface area contributed by atoms with Crippen molar-refractivity contribution in [2.45, 2.75) is 31.8 Å². The first kappa shape index (κ1) is 17.5. The molecule has 0 aromatic heterocycles. The summed E-state index contributed by atoms with van der Waals surface area (Å²) in [7, 11) is 0. The van der Waals surface area contributed by atoms with Crippen LogP contribution in [-0.2, 0) is 16.1 Å². The van der Waals surface area contributed by atoms with E-state index < -0.39 is 23.1 Å². The summed E-state index contributed by atoms with van der Waals surface area (Å²) in [5.74, 6) is -3.34. The second-order valence-corrected chi connectivity index (χ2v) is 6.24. The standard InChI is InChI=1S/C17H19F2N3O3/c1-2-17-13(23)6-7-22(17)21(9-11(15(17)24)16(20)25)8-10-4-3-5-12(18)14(10)19/h3-5,24H,2,6-9H2,1H3,(H2,20,25)/t17-/m0/s1. The molecule has 8 heteroatoms. The van der Waals surface area contributed by atoms with Gasteiger partial charge in [0.25, 0.3) is 0 Å². The van der Waals surface area contributed by atoms with Gasteiger partial charge >= 0.3 is 0 Å². The van der Waals surface area contributed by atoms with Crippen molar-refractivity contribution >= 4 is 11.7 Å². The van der Waals surface area contributed by atoms with E-state index >= 15 is 0 Å². The highest BCUT2D eigenvalue weighted by Crippen LogP contribution is 2.41. The Balaban J connectivity index is 2.06. The van der Waals surface area contributed by atoms with Crippen LogP contribution < -0.4 is 5.73 Å². The van der Waals surface area contributed by atoms with Gasteiger partial charge in [-0.1, -0.05) is 19.1 Å². The molecular weight excluding hydrogens is 332 g/mol. The summed E-state index contributed by atoms with van der Waals surface area (Å²) in [5, 5.41) is 13.8. The molecule has 0 bridgehead atoms. The lowest BCUT2D eigenvalue weighted by molar-refractivity contribution is -0.142. The van der Waals surface area contributed by atoms with Gasteiger partial charge < -0.3 is 10.8 Å². The molecule has 25 heavy (non-hydrogen) atoms. The monoisotopic (exact) mass is 351 g/mol. The minimum absolute atomic E-state index is 0.0529. The van der Waals surface area contributed by atoms with E-state index in [4.69, 9.17) is 5.73 Å². The van der Waals surface area contributed by atoms with Crippen molar-refractivity contribution in [2.75, 3.05) is 13.1 Å². The van der Waals surface area contributed by atoms with Gasteiger partial charge in [-0.15, -0.1) is 0 Å². The van der Waals surface area contributed by atoms with Gasteiger partial charge in [0.1, 0.15) is 5.76 Å². The Morgan fingerprint density at radius 3 is 2.76 bits per heavy atom. The van der Waals surface area contributed by atoms with Gasteiger partial charge in [0, 0.05) is 31.6 Å². The molecule has 1 aromatic rings. The molecule has 0 unspecified atom stereocenters. The number of aliphatic hydroxyl groups excluding tert-OH is 1. The number of ketones is 1. The van der Waals surface area contributed by atoms with E-state index in [-0.39, 0.29) is 48.6 Å². The third kappa shape index (κ3) is 2.52. The topological polar surface area (TPSA) is 86.9 Å². The van der Waals surface area contributed by atoms with Crippen molar-refractivity contribution in [3.05, 3.63) is 46.7 Å². The molecular formula is C17H19F2N3O3. The van der Waals surface area contributed by atoms with Gasteiger partial charge in [-0.3, -0.25) is 9.59 Å². The second kappa shape index (κ2) is 6.20. The van der Waals surface area contributed by atoms with Gasteiger partial charge in [0.2, 0.25) is 5.91 Å². The Bertz CT molecular complexity index is 780. The Kier molecular flexibility index (Phi) is 4.34. The van der Waals surface area contributed by atoms with Crippen molar-refractivity contribution < 1.29 is 23.5 Å². The Labute approximate surface area is 143 Å². The summed E-state index contributed by atoms with van der Waals surface area (Å²) in [5.41, 5.74) is 4.01. The van der Waals surface area contributed by atoms with Crippen LogP contribution in [0.5, 0.6) is 0 Å². The van der Waals surface area contributed by atoms with Crippen molar-refractivity contribution in [1.82, 2.24) is 10.0 Å². The zero-order chi connectivity index (χ0) is 18.4. The largest absolute Gasteiger partial charge is 0.509 e. The number of nitrogens with two attached hydrogens (primary N) is 1. The van der Waals surface area contributed by atoms with E-state index in [1.807, 2.05) is 0 Å². The maximum Gasteiger partial charge on any atom is 0.249 e. The number of primary amides is 1. The number of hydrogen-bond acceptors (Lipinski definition) is 5. The third-order valence-corrected chi connectivity index (χ3v) is 5.01. The summed E-state index contributed by atoms with van der Waals surface area (Å²) in [6.07, 6.45) is 0.419. The number of fused-ring (bicyclic) bond motifs is 1. The van der Waals surface area contributed by atoms with Gasteiger partial charge in [-0.25, -0.2) is 18.8 Å². The minimum Gasteiger partial charge on any atom is -0.509 e. The molecule has 6 nitrogen and oxygen atoms in total. The lowest BCUT2D eigenvalue weighted by Gasteiger charge is -2.47. The second-order valence-electron chi connectivity index (χ2n) is 6.24. The van der Waals surface area contributed by atoms with Crippen molar-refractivity contribution in [3.63, 3.8) is 0 Å². The van der Waals surface area contributed by atoms with Crippen molar-refractivity contribution in [2.24, 2.45) is 5.73 Å². The number of nitrogens with zero attached hydrogens (tertiary/aromatic N) is 2. The maximum absolute atomic E-state index is 14.0. The number of benzene rings is 1. The highest BCUT2D eigenvalue weighted by molar-refractivity contribution is 5.99. The molecule has 134 valence electrons. The fourth-order valence-corrected chi connectivity index (χ4v) is 3.73. The van der Waals surface area contributed by atoms with Gasteiger partial charge in [0.15, 0.2) is 23.0 Å². The Hall–Kier alpha value is -2.32. The zero-order valence-corrected chi connectivity index (χ0v) is 13.8. The first-order valence-corrected chi connectivity index (χ1v) is 8.04. The molecule has 0 radical (unpaired) electrons. The summed E-state index contributed by atoms with van der Waals surface area (Å²) in [6, 6.07) is 3.85. The van der Waals surface area contributed by atoms with E-state index in [1.165, 1.54) is 12.1 Å². The van der Waals surface area contributed by atoms with E-state index in [9.17, 15) is 23.5 Å². The van der Waals surface area contributed by atoms with Crippen LogP contribution in [0.2, 0.25) is 0 Å². The molecule has 2 heterocycles. The lowest BCUT2D eigenvalue weighted by atomic mass is 9.85. The number of carbonyl (C=O) groups is 2. The maximum atomic E-state index is 14.0. The zero-order valence-electron chi connectivity index (χ0n) is 13.8. The van der Waals surface area contributed by atoms with E-state index in [0.717, 1.165) is 6.07 Å². The van der Waals surface area contributed by atoms with Crippen LogP contribution >= 0.6 is 0 Å². The molecule has 1 saturated heterocycles. The van der Waals surface area contributed by atoms with Crippen LogP contribution in [0.15, 0.2) is 29.5 Å². The van der Waals surface area contributed by atoms with Crippen LogP contribution in [0.25, 0.3) is 0 Å². The van der Waals surface area contributed by atoms with E-state index in [0.29, 0.717) is 6.54 Å². The molecule has 0 saturated carbocycles. The first-order valence-electron chi connectivity index (χ1n) is 8.04. The fourth-order valence-electron chi connectivity index (χ4n) is 3.73. The number of rotatable bonds is 4. The molecule has 2 aliphatic heterocycles. The minimum atomic E-state index is -1.37. The highest BCUT2D eigenvalue weighted by Gasteiger charge is 2.56. The quantitative estimate of drug-likeness (QED) is 0.857. The summed E-state index contributed by atoms with van der Waals surface area (Å²) < 4.78 is 27.5. The molecule has 2 aliphatic rings. The molecule has 1 amide bonds. The summed E-state index contributed by atoms with van der Waals surface area (Å²) in [6.45, 7) is 1.91. The Morgan fingerprint density at radius 1 is 1.40 bits per heavy atom. The highest BCUT2D eigenvalue weighted by atomic mass is 19.2. The van der Waals surface area contributed by atoms with E-state index in [2.05, 4.69) is 0 Å². The van der Waals surface area contributed by atoms with Crippen molar-refractivity contribution in [3.8, 4) is 0 Å². The SMILES string of the molecule is CC[C@@]12C(=O)CCN1N(Cc1cccc(F)c1F)CC(C(N)=O)=C2O. The summed E-state index contributed by atoms with van der Waals surface area (Å²) >= 11 is 0.